The number of nitrogens with zero attached hydrogens (tertiary/aromatic N) is 1. The number of aromatic nitrogens is 2. The van der Waals surface area contributed by atoms with Gasteiger partial charge in [0, 0.05) is 29.5 Å². The van der Waals surface area contributed by atoms with Gasteiger partial charge in [0.25, 0.3) is 0 Å². The summed E-state index contributed by atoms with van der Waals surface area (Å²) in [6.45, 7) is 3.97. The van der Waals surface area contributed by atoms with Crippen LogP contribution < -0.4 is 5.32 Å². The Kier molecular flexibility index (Phi) is 3.67. The van der Waals surface area contributed by atoms with Gasteiger partial charge in [0.2, 0.25) is 5.91 Å². The van der Waals surface area contributed by atoms with Gasteiger partial charge < -0.3 is 10.3 Å². The number of H-pyrrole nitrogens is 1. The lowest BCUT2D eigenvalue weighted by atomic mass is 9.95. The molecule has 22 heavy (non-hydrogen) atoms. The fraction of sp³-hybridized carbons (Fsp3) is 0.222. The first-order valence-electron chi connectivity index (χ1n) is 7.33. The predicted octanol–water partition coefficient (Wildman–Crippen LogP) is 3.16. The van der Waals surface area contributed by atoms with Crippen molar-refractivity contribution in [3.8, 4) is 0 Å². The number of benzene rings is 1. The monoisotopic (exact) mass is 293 g/mol. The SMILES string of the molecule is CC(C)(NC(=O)Cc1c[nH]c2ccccc12)c1cccnc1. The minimum absolute atomic E-state index is 0.00129. The Morgan fingerprint density at radius 3 is 2.82 bits per heavy atom. The van der Waals surface area contributed by atoms with Gasteiger partial charge >= 0.3 is 0 Å². The summed E-state index contributed by atoms with van der Waals surface area (Å²) in [7, 11) is 0. The van der Waals surface area contributed by atoms with Gasteiger partial charge in [-0.15, -0.1) is 0 Å². The molecule has 0 spiro atoms. The lowest BCUT2D eigenvalue weighted by Crippen LogP contribution is -2.41. The smallest absolute Gasteiger partial charge is 0.225 e. The quantitative estimate of drug-likeness (QED) is 0.776. The van der Waals surface area contributed by atoms with E-state index in [0.717, 1.165) is 22.0 Å². The Hall–Kier alpha value is -2.62. The standard InChI is InChI=1S/C18H19N3O/c1-18(2,14-6-5-9-19-12-14)21-17(22)10-13-11-20-16-8-4-3-7-15(13)16/h3-9,11-12,20H,10H2,1-2H3,(H,21,22). The highest BCUT2D eigenvalue weighted by molar-refractivity contribution is 5.89. The van der Waals surface area contributed by atoms with Crippen LogP contribution in [-0.4, -0.2) is 15.9 Å². The molecule has 0 unspecified atom stereocenters. The number of hydrogen-bond acceptors (Lipinski definition) is 2. The van der Waals surface area contributed by atoms with E-state index in [-0.39, 0.29) is 5.91 Å². The molecule has 1 aromatic carbocycles. The molecule has 0 saturated carbocycles. The number of carbonyl (C=O) groups is 1. The third-order valence-electron chi connectivity index (χ3n) is 3.86. The molecule has 0 bridgehead atoms. The minimum Gasteiger partial charge on any atom is -0.361 e. The van der Waals surface area contributed by atoms with Crippen LogP contribution in [0.2, 0.25) is 0 Å². The fourth-order valence-corrected chi connectivity index (χ4v) is 2.65. The van der Waals surface area contributed by atoms with E-state index in [0.29, 0.717) is 6.42 Å². The van der Waals surface area contributed by atoms with Crippen LogP contribution in [0.4, 0.5) is 0 Å². The topological polar surface area (TPSA) is 57.8 Å². The number of para-hydroxylation sites is 1. The fourth-order valence-electron chi connectivity index (χ4n) is 2.65. The van der Waals surface area contributed by atoms with E-state index in [2.05, 4.69) is 15.3 Å². The number of nitrogens with one attached hydrogen (secondary N) is 2. The summed E-state index contributed by atoms with van der Waals surface area (Å²) in [4.78, 5) is 19.7. The summed E-state index contributed by atoms with van der Waals surface area (Å²) >= 11 is 0. The maximum atomic E-state index is 12.4. The van der Waals surface area contributed by atoms with Crippen molar-refractivity contribution in [3.63, 3.8) is 0 Å². The van der Waals surface area contributed by atoms with Gasteiger partial charge in [-0.3, -0.25) is 9.78 Å². The molecule has 2 aromatic heterocycles. The summed E-state index contributed by atoms with van der Waals surface area (Å²) in [6.07, 6.45) is 5.77. The van der Waals surface area contributed by atoms with E-state index in [4.69, 9.17) is 0 Å². The molecule has 0 atom stereocenters. The summed E-state index contributed by atoms with van der Waals surface area (Å²) in [5.74, 6) is -0.00129. The van der Waals surface area contributed by atoms with E-state index in [9.17, 15) is 4.79 Å². The van der Waals surface area contributed by atoms with Crippen LogP contribution >= 0.6 is 0 Å². The maximum absolute atomic E-state index is 12.4. The largest absolute Gasteiger partial charge is 0.361 e. The van der Waals surface area contributed by atoms with Gasteiger partial charge in [0.15, 0.2) is 0 Å². The van der Waals surface area contributed by atoms with E-state index >= 15 is 0 Å². The summed E-state index contributed by atoms with van der Waals surface area (Å²) in [5.41, 5.74) is 2.60. The molecular formula is C18H19N3O. The Morgan fingerprint density at radius 1 is 1.23 bits per heavy atom. The maximum Gasteiger partial charge on any atom is 0.225 e. The molecule has 0 radical (unpaired) electrons. The number of hydrogen-bond donors (Lipinski definition) is 2. The molecule has 3 rings (SSSR count). The van der Waals surface area contributed by atoms with Crippen LogP contribution in [0.5, 0.6) is 0 Å². The van der Waals surface area contributed by atoms with Crippen molar-refractivity contribution in [1.82, 2.24) is 15.3 Å². The second-order valence-corrected chi connectivity index (χ2v) is 5.95. The number of aromatic amines is 1. The van der Waals surface area contributed by atoms with Crippen molar-refractivity contribution in [2.45, 2.75) is 25.8 Å². The molecule has 3 aromatic rings. The predicted molar refractivity (Wildman–Crippen MR) is 87.4 cm³/mol. The second kappa shape index (κ2) is 5.64. The van der Waals surface area contributed by atoms with Gasteiger partial charge in [-0.25, -0.2) is 0 Å². The van der Waals surface area contributed by atoms with Crippen LogP contribution in [0.25, 0.3) is 10.9 Å². The molecule has 2 N–H and O–H groups in total. The molecule has 0 aliphatic carbocycles. The van der Waals surface area contributed by atoms with Gasteiger partial charge in [0.05, 0.1) is 12.0 Å². The summed E-state index contributed by atoms with van der Waals surface area (Å²) < 4.78 is 0. The van der Waals surface area contributed by atoms with E-state index in [1.165, 1.54) is 0 Å². The molecule has 0 aliphatic heterocycles. The van der Waals surface area contributed by atoms with Gasteiger partial charge in [-0.1, -0.05) is 24.3 Å². The van der Waals surface area contributed by atoms with Crippen molar-refractivity contribution in [2.75, 3.05) is 0 Å². The third-order valence-corrected chi connectivity index (χ3v) is 3.86. The zero-order chi connectivity index (χ0) is 15.6. The van der Waals surface area contributed by atoms with E-state index in [1.807, 2.05) is 56.4 Å². The first-order valence-corrected chi connectivity index (χ1v) is 7.33. The van der Waals surface area contributed by atoms with E-state index < -0.39 is 5.54 Å². The van der Waals surface area contributed by atoms with Crippen LogP contribution in [0.1, 0.15) is 25.0 Å². The van der Waals surface area contributed by atoms with E-state index in [1.54, 1.807) is 12.4 Å². The highest BCUT2D eigenvalue weighted by Crippen LogP contribution is 2.21. The first kappa shape index (κ1) is 14.3. The lowest BCUT2D eigenvalue weighted by Gasteiger charge is -2.26. The Bertz CT molecular complexity index is 790. The summed E-state index contributed by atoms with van der Waals surface area (Å²) in [5, 5.41) is 4.18. The van der Waals surface area contributed by atoms with Gasteiger partial charge in [0.1, 0.15) is 0 Å². The molecule has 0 fully saturated rings. The van der Waals surface area contributed by atoms with Crippen molar-refractivity contribution >= 4 is 16.8 Å². The van der Waals surface area contributed by atoms with Crippen LogP contribution in [-0.2, 0) is 16.8 Å². The molecule has 0 aliphatic rings. The molecule has 2 heterocycles. The normalized spacial score (nSPS) is 11.5. The molecule has 1 amide bonds. The average Bonchev–Trinajstić information content (AvgIpc) is 2.91. The molecule has 112 valence electrons. The second-order valence-electron chi connectivity index (χ2n) is 5.95. The van der Waals surface area contributed by atoms with Gasteiger partial charge in [-0.2, -0.15) is 0 Å². The zero-order valence-corrected chi connectivity index (χ0v) is 12.8. The first-order chi connectivity index (χ1) is 10.6. The van der Waals surface area contributed by atoms with Crippen LogP contribution in [0.3, 0.4) is 0 Å². The Labute approximate surface area is 129 Å². The Balaban J connectivity index is 1.75. The molecular weight excluding hydrogens is 274 g/mol. The third kappa shape index (κ3) is 2.86. The van der Waals surface area contributed by atoms with Crippen molar-refractivity contribution in [1.29, 1.82) is 0 Å². The number of fused-ring (bicyclic) bond motifs is 1. The van der Waals surface area contributed by atoms with Gasteiger partial charge in [-0.05, 0) is 37.1 Å². The number of rotatable bonds is 4. The molecule has 4 nitrogen and oxygen atoms in total. The van der Waals surface area contributed by atoms with Crippen LogP contribution in [0.15, 0.2) is 55.0 Å². The highest BCUT2D eigenvalue weighted by Gasteiger charge is 2.23. The Morgan fingerprint density at radius 2 is 2.05 bits per heavy atom. The average molecular weight is 293 g/mol. The lowest BCUT2D eigenvalue weighted by molar-refractivity contribution is -0.122. The number of pyridine rings is 1. The van der Waals surface area contributed by atoms with Crippen molar-refractivity contribution in [3.05, 3.63) is 66.1 Å². The molecule has 0 saturated heterocycles. The number of amides is 1. The van der Waals surface area contributed by atoms with Crippen LogP contribution in [0, 0.1) is 0 Å². The van der Waals surface area contributed by atoms with Crippen molar-refractivity contribution < 1.29 is 4.79 Å². The minimum atomic E-state index is -0.447. The molecule has 4 heteroatoms. The zero-order valence-electron chi connectivity index (χ0n) is 12.8. The number of carbonyl (C=O) groups excluding carboxylic acids is 1. The summed E-state index contributed by atoms with van der Waals surface area (Å²) in [6, 6.07) is 11.9. The highest BCUT2D eigenvalue weighted by atomic mass is 16.1. The van der Waals surface area contributed by atoms with Crippen molar-refractivity contribution in [2.24, 2.45) is 0 Å².